The zero-order valence-corrected chi connectivity index (χ0v) is 39.9. The Morgan fingerprint density at radius 1 is 0.347 bits per heavy atom. The van der Waals surface area contributed by atoms with Gasteiger partial charge in [0.2, 0.25) is 0 Å². The number of hydrogen-bond donors (Lipinski definition) is 0. The molecule has 0 unspecified atom stereocenters. The molecule has 9 nitrogen and oxygen atoms in total. The Morgan fingerprint density at radius 3 is 1.19 bits per heavy atom. The molecular weight excluding hydrogens is 919 g/mol. The summed E-state index contributed by atoms with van der Waals surface area (Å²) in [5.74, 6) is 1.07. The summed E-state index contributed by atoms with van der Waals surface area (Å²) in [6.45, 7) is 15.7. The van der Waals surface area contributed by atoms with E-state index in [4.69, 9.17) is 33.1 Å². The number of aromatic nitrogens is 5. The molecule has 12 aromatic rings. The minimum Gasteiger partial charge on any atom is -0.309 e. The fraction of sp³-hybridized carbons (Fsp3) is 0. The first-order valence-corrected chi connectivity index (χ1v) is 24.0. The average Bonchev–Trinajstić information content (AvgIpc) is 3.82. The second kappa shape index (κ2) is 19.2. The SMILES string of the molecule is [C-]#[N+]c1cc(C#N)cc(-c2ccc3c4ccc(-c5cc(C#N)cc([N+]#[C-])c5)cc4n(-c4ccc(-c5nc(-c6ccccc6)cc(-c6ccccc6)n5)cc4-c4cc(-c5ccccc5)nc(-c5ccccc5)n4)c3c2)c1. The quantitative estimate of drug-likeness (QED) is 0.133. The smallest absolute Gasteiger partial charge is 0.189 e. The van der Waals surface area contributed by atoms with Crippen LogP contribution >= 0.6 is 0 Å². The van der Waals surface area contributed by atoms with Crippen molar-refractivity contribution in [3.8, 4) is 108 Å². The zero-order chi connectivity index (χ0) is 50.8. The fourth-order valence-electron chi connectivity index (χ4n) is 9.67. The first-order valence-electron chi connectivity index (χ1n) is 24.0. The Bertz CT molecular complexity index is 4070. The van der Waals surface area contributed by atoms with Crippen LogP contribution in [0.15, 0.2) is 224 Å². The molecule has 0 aliphatic heterocycles. The van der Waals surface area contributed by atoms with Crippen LogP contribution in [0.5, 0.6) is 0 Å². The molecule has 9 heteroatoms. The number of rotatable bonds is 9. The summed E-state index contributed by atoms with van der Waals surface area (Å²) in [7, 11) is 0. The van der Waals surface area contributed by atoms with Crippen molar-refractivity contribution < 1.29 is 0 Å². The van der Waals surface area contributed by atoms with E-state index in [-0.39, 0.29) is 0 Å². The lowest BCUT2D eigenvalue weighted by atomic mass is 9.99. The molecule has 0 fully saturated rings. The molecule has 0 atom stereocenters. The topological polar surface area (TPSA) is 113 Å². The van der Waals surface area contributed by atoms with E-state index in [1.807, 2.05) is 146 Å². The highest BCUT2D eigenvalue weighted by Gasteiger charge is 2.22. The average molecular weight is 956 g/mol. The molecule has 0 amide bonds. The molecule has 346 valence electrons. The van der Waals surface area contributed by atoms with Gasteiger partial charge in [-0.2, -0.15) is 10.5 Å². The minimum atomic E-state index is 0.367. The van der Waals surface area contributed by atoms with E-state index in [1.165, 1.54) is 0 Å². The van der Waals surface area contributed by atoms with Gasteiger partial charge in [0.1, 0.15) is 0 Å². The largest absolute Gasteiger partial charge is 0.309 e. The van der Waals surface area contributed by atoms with Gasteiger partial charge in [0.25, 0.3) is 0 Å². The molecular formula is C66H37N9. The van der Waals surface area contributed by atoms with Gasteiger partial charge in [-0.15, -0.1) is 0 Å². The summed E-state index contributed by atoms with van der Waals surface area (Å²) in [6.07, 6.45) is 0. The minimum absolute atomic E-state index is 0.367. The highest BCUT2D eigenvalue weighted by atomic mass is 15.0. The third kappa shape index (κ3) is 8.68. The van der Waals surface area contributed by atoms with Gasteiger partial charge in [-0.3, -0.25) is 0 Å². The predicted octanol–water partition coefficient (Wildman–Crippen LogP) is 16.5. The highest BCUT2D eigenvalue weighted by Crippen LogP contribution is 2.42. The van der Waals surface area contributed by atoms with Crippen molar-refractivity contribution >= 4 is 33.2 Å². The first kappa shape index (κ1) is 45.1. The molecule has 0 N–H and O–H groups in total. The first-order chi connectivity index (χ1) is 36.9. The Morgan fingerprint density at radius 2 is 0.747 bits per heavy atom. The predicted molar refractivity (Wildman–Crippen MR) is 297 cm³/mol. The third-order valence-corrected chi connectivity index (χ3v) is 13.3. The maximum atomic E-state index is 10.0. The van der Waals surface area contributed by atoms with Gasteiger partial charge in [0.05, 0.1) is 64.8 Å². The van der Waals surface area contributed by atoms with E-state index >= 15 is 0 Å². The Balaban J connectivity index is 1.19. The summed E-state index contributed by atoms with van der Waals surface area (Å²) in [5, 5.41) is 22.0. The van der Waals surface area contributed by atoms with Crippen LogP contribution in [-0.4, -0.2) is 24.5 Å². The molecule has 3 aromatic heterocycles. The van der Waals surface area contributed by atoms with Crippen LogP contribution in [0, 0.1) is 35.8 Å². The van der Waals surface area contributed by atoms with Gasteiger partial charge in [0, 0.05) is 55.3 Å². The van der Waals surface area contributed by atoms with Gasteiger partial charge >= 0.3 is 0 Å². The van der Waals surface area contributed by atoms with Crippen molar-refractivity contribution in [3.05, 3.63) is 258 Å². The van der Waals surface area contributed by atoms with Crippen molar-refractivity contribution in [1.82, 2.24) is 24.5 Å². The number of benzene rings is 9. The molecule has 75 heavy (non-hydrogen) atoms. The number of fused-ring (bicyclic) bond motifs is 3. The van der Waals surface area contributed by atoms with Gasteiger partial charge in [-0.1, -0.05) is 146 Å². The zero-order valence-electron chi connectivity index (χ0n) is 39.9. The standard InChI is InChI=1S/C66H37N9/c1-69-53-31-42(40-67)29-51(33-53)48-23-26-55-56-27-24-49(52-30-43(41-68)32-54(34-52)70-2)37-64(56)75(63(55)36-48)62-28-25-50(66-72-58(44-15-7-3-8-16-44)38-59(73-66)45-17-9-4-10-18-45)35-57(62)61-39-60(46-19-11-5-12-20-46)71-65(74-61)47-21-13-6-14-22-47/h3-39H. The summed E-state index contributed by atoms with van der Waals surface area (Å²) >= 11 is 0. The molecule has 0 aliphatic carbocycles. The Hall–Kier alpha value is -11.1. The van der Waals surface area contributed by atoms with Crippen molar-refractivity contribution in [3.63, 3.8) is 0 Å². The second-order valence-corrected chi connectivity index (χ2v) is 17.9. The van der Waals surface area contributed by atoms with Crippen LogP contribution in [0.1, 0.15) is 11.1 Å². The van der Waals surface area contributed by atoms with Gasteiger partial charge in [-0.05, 0) is 101 Å². The lowest BCUT2D eigenvalue weighted by Crippen LogP contribution is -2.02. The van der Waals surface area contributed by atoms with Crippen molar-refractivity contribution in [2.75, 3.05) is 0 Å². The maximum absolute atomic E-state index is 10.0. The van der Waals surface area contributed by atoms with E-state index in [2.05, 4.69) is 93.1 Å². The van der Waals surface area contributed by atoms with Crippen LogP contribution in [0.25, 0.3) is 127 Å². The Labute approximate surface area is 432 Å². The van der Waals surface area contributed by atoms with E-state index in [9.17, 15) is 10.5 Å². The molecule has 9 aromatic carbocycles. The summed E-state index contributed by atoms with van der Waals surface area (Å²) in [6, 6.07) is 77.9. The monoisotopic (exact) mass is 955 g/mol. The molecule has 0 saturated heterocycles. The van der Waals surface area contributed by atoms with Crippen molar-refractivity contribution in [2.24, 2.45) is 0 Å². The molecule has 12 rings (SSSR count). The number of nitrogens with zero attached hydrogens (tertiary/aromatic N) is 9. The fourth-order valence-corrected chi connectivity index (χ4v) is 9.67. The van der Waals surface area contributed by atoms with Gasteiger partial charge < -0.3 is 4.57 Å². The van der Waals surface area contributed by atoms with Crippen LogP contribution in [-0.2, 0) is 0 Å². The summed E-state index contributed by atoms with van der Waals surface area (Å²) in [5.41, 5.74) is 15.2. The number of nitriles is 2. The van der Waals surface area contributed by atoms with E-state index in [0.29, 0.717) is 39.8 Å². The van der Waals surface area contributed by atoms with Crippen LogP contribution < -0.4 is 0 Å². The number of hydrogen-bond acceptors (Lipinski definition) is 6. The van der Waals surface area contributed by atoms with Crippen molar-refractivity contribution in [2.45, 2.75) is 0 Å². The van der Waals surface area contributed by atoms with E-state index < -0.39 is 0 Å². The second-order valence-electron chi connectivity index (χ2n) is 17.9. The highest BCUT2D eigenvalue weighted by molar-refractivity contribution is 6.12. The lowest BCUT2D eigenvalue weighted by Gasteiger charge is -2.18. The molecule has 0 saturated carbocycles. The third-order valence-electron chi connectivity index (χ3n) is 13.3. The van der Waals surface area contributed by atoms with Crippen LogP contribution in [0.4, 0.5) is 11.4 Å². The van der Waals surface area contributed by atoms with Gasteiger partial charge in [-0.25, -0.2) is 29.6 Å². The molecule has 0 radical (unpaired) electrons. The van der Waals surface area contributed by atoms with Crippen LogP contribution in [0.3, 0.4) is 0 Å². The maximum Gasteiger partial charge on any atom is 0.189 e. The molecule has 0 bridgehead atoms. The lowest BCUT2D eigenvalue weighted by molar-refractivity contribution is 1.14. The van der Waals surface area contributed by atoms with Crippen LogP contribution in [0.2, 0.25) is 0 Å². The van der Waals surface area contributed by atoms with E-state index in [1.54, 1.807) is 12.1 Å². The normalized spacial score (nSPS) is 10.9. The summed E-state index contributed by atoms with van der Waals surface area (Å²) < 4.78 is 2.23. The molecule has 0 aliphatic rings. The van der Waals surface area contributed by atoms with Gasteiger partial charge in [0.15, 0.2) is 23.0 Å². The summed E-state index contributed by atoms with van der Waals surface area (Å²) in [4.78, 5) is 28.5. The van der Waals surface area contributed by atoms with E-state index in [0.717, 1.165) is 100 Å². The Kier molecular flexibility index (Phi) is 11.6. The van der Waals surface area contributed by atoms with Crippen molar-refractivity contribution in [1.29, 1.82) is 10.5 Å². The molecule has 3 heterocycles. The molecule has 0 spiro atoms.